The second-order valence-corrected chi connectivity index (χ2v) is 7.86. The molecule has 0 spiro atoms. The quantitative estimate of drug-likeness (QED) is 0.407. The Hall–Kier alpha value is -4.20. The molecule has 0 bridgehead atoms. The molecular formula is C25H25N5O3. The third-order valence-corrected chi connectivity index (χ3v) is 5.09. The van der Waals surface area contributed by atoms with Gasteiger partial charge in [-0.1, -0.05) is 12.6 Å². The Labute approximate surface area is 191 Å². The summed E-state index contributed by atoms with van der Waals surface area (Å²) in [5.74, 6) is 0.886. The minimum atomic E-state index is -0.227. The maximum Gasteiger partial charge on any atom is 0.266 e. The van der Waals surface area contributed by atoms with Gasteiger partial charge in [0.1, 0.15) is 18.2 Å². The molecule has 0 atom stereocenters. The molecule has 1 amide bonds. The first kappa shape index (κ1) is 22.0. The fourth-order valence-corrected chi connectivity index (χ4v) is 3.50. The molecule has 0 unspecified atom stereocenters. The van der Waals surface area contributed by atoms with Gasteiger partial charge in [0.2, 0.25) is 0 Å². The first-order valence-corrected chi connectivity index (χ1v) is 10.6. The molecule has 4 rings (SSSR count). The highest BCUT2D eigenvalue weighted by Gasteiger charge is 2.13. The molecule has 4 aromatic rings. The van der Waals surface area contributed by atoms with E-state index in [9.17, 15) is 9.59 Å². The Bertz CT molecular complexity index is 1370. The van der Waals surface area contributed by atoms with E-state index in [4.69, 9.17) is 4.74 Å². The zero-order valence-electron chi connectivity index (χ0n) is 18.6. The van der Waals surface area contributed by atoms with Crippen LogP contribution in [-0.4, -0.2) is 38.6 Å². The number of aromatic amines is 1. The lowest BCUT2D eigenvalue weighted by Crippen LogP contribution is -2.26. The van der Waals surface area contributed by atoms with Gasteiger partial charge in [-0.3, -0.25) is 14.2 Å². The van der Waals surface area contributed by atoms with Gasteiger partial charge in [-0.05, 0) is 55.8 Å². The molecule has 2 N–H and O–H groups in total. The van der Waals surface area contributed by atoms with Crippen molar-refractivity contribution in [2.24, 2.45) is 0 Å². The van der Waals surface area contributed by atoms with Crippen molar-refractivity contribution in [3.63, 3.8) is 0 Å². The highest BCUT2D eigenvalue weighted by atomic mass is 16.5. The number of H-pyrrole nitrogens is 1. The van der Waals surface area contributed by atoms with Crippen molar-refractivity contribution in [2.45, 2.75) is 20.3 Å². The van der Waals surface area contributed by atoms with Crippen LogP contribution in [0.15, 0.2) is 71.9 Å². The van der Waals surface area contributed by atoms with Crippen molar-refractivity contribution in [3.05, 3.63) is 94.6 Å². The third kappa shape index (κ3) is 5.01. The molecular weight excluding hydrogens is 418 g/mol. The summed E-state index contributed by atoms with van der Waals surface area (Å²) in [6.07, 6.45) is 3.98. The Kier molecular flexibility index (Phi) is 6.35. The van der Waals surface area contributed by atoms with Crippen molar-refractivity contribution < 1.29 is 9.53 Å². The van der Waals surface area contributed by atoms with Gasteiger partial charge >= 0.3 is 0 Å². The van der Waals surface area contributed by atoms with E-state index in [0.29, 0.717) is 53.3 Å². The van der Waals surface area contributed by atoms with Crippen molar-refractivity contribution in [3.8, 4) is 11.4 Å². The van der Waals surface area contributed by atoms with Gasteiger partial charge in [0.15, 0.2) is 0 Å². The summed E-state index contributed by atoms with van der Waals surface area (Å²) in [5.41, 5.74) is 3.22. The Morgan fingerprint density at radius 2 is 2.09 bits per heavy atom. The minimum Gasteiger partial charge on any atom is -0.489 e. The lowest BCUT2D eigenvalue weighted by Gasteiger charge is -2.13. The Morgan fingerprint density at radius 3 is 2.85 bits per heavy atom. The average Bonchev–Trinajstić information content (AvgIpc) is 3.31. The van der Waals surface area contributed by atoms with Gasteiger partial charge in [0, 0.05) is 30.4 Å². The first-order chi connectivity index (χ1) is 15.9. The van der Waals surface area contributed by atoms with E-state index in [2.05, 4.69) is 26.8 Å². The summed E-state index contributed by atoms with van der Waals surface area (Å²) in [7, 11) is 0. The molecule has 0 radical (unpaired) electrons. The molecule has 8 heteroatoms. The van der Waals surface area contributed by atoms with Crippen molar-refractivity contribution in [1.29, 1.82) is 0 Å². The van der Waals surface area contributed by atoms with E-state index in [1.807, 2.05) is 6.92 Å². The number of aryl methyl sites for hydroxylation is 1. The Morgan fingerprint density at radius 1 is 1.24 bits per heavy atom. The second-order valence-electron chi connectivity index (χ2n) is 7.86. The summed E-state index contributed by atoms with van der Waals surface area (Å²) < 4.78 is 7.19. The number of carbonyl (C=O) groups excluding carboxylic acids is 1. The number of ether oxygens (including phenoxy) is 1. The van der Waals surface area contributed by atoms with Crippen LogP contribution in [0.1, 0.15) is 28.8 Å². The fourth-order valence-electron chi connectivity index (χ4n) is 3.50. The van der Waals surface area contributed by atoms with Crippen molar-refractivity contribution in [1.82, 2.24) is 24.8 Å². The van der Waals surface area contributed by atoms with Gasteiger partial charge in [0.25, 0.3) is 11.5 Å². The highest BCUT2D eigenvalue weighted by molar-refractivity contribution is 5.94. The van der Waals surface area contributed by atoms with E-state index in [1.165, 1.54) is 4.57 Å². The summed E-state index contributed by atoms with van der Waals surface area (Å²) in [6.45, 7) is 8.31. The standard InChI is InChI=1S/C25H25N5O3/c1-16(2)14-33-21-7-8-23-22(12-21)25(32)30(17(3)29-23)20-6-4-5-18(11-20)24(31)27-10-9-19-13-26-15-28-19/h4-8,11-13,15H,1,9-10,14H2,2-3H3,(H,26,28)(H,27,31). The number of nitrogens with zero attached hydrogens (tertiary/aromatic N) is 3. The highest BCUT2D eigenvalue weighted by Crippen LogP contribution is 2.19. The number of hydrogen-bond acceptors (Lipinski definition) is 5. The molecule has 168 valence electrons. The monoisotopic (exact) mass is 443 g/mol. The predicted octanol–water partition coefficient (Wildman–Crippen LogP) is 3.34. The number of fused-ring (bicyclic) bond motifs is 1. The number of imidazole rings is 1. The molecule has 2 aromatic carbocycles. The van der Waals surface area contributed by atoms with E-state index in [-0.39, 0.29) is 11.5 Å². The van der Waals surface area contributed by atoms with E-state index >= 15 is 0 Å². The molecule has 0 aliphatic carbocycles. The van der Waals surface area contributed by atoms with Crippen LogP contribution in [0, 0.1) is 6.92 Å². The number of carbonyl (C=O) groups is 1. The summed E-state index contributed by atoms with van der Waals surface area (Å²) in [6, 6.07) is 12.2. The van der Waals surface area contributed by atoms with Gasteiger partial charge in [-0.2, -0.15) is 0 Å². The van der Waals surface area contributed by atoms with E-state index < -0.39 is 0 Å². The van der Waals surface area contributed by atoms with Crippen LogP contribution in [0.3, 0.4) is 0 Å². The largest absolute Gasteiger partial charge is 0.489 e. The van der Waals surface area contributed by atoms with E-state index in [0.717, 1.165) is 11.3 Å². The normalized spacial score (nSPS) is 10.8. The van der Waals surface area contributed by atoms with Crippen molar-refractivity contribution in [2.75, 3.05) is 13.2 Å². The van der Waals surface area contributed by atoms with Crippen LogP contribution in [0.2, 0.25) is 0 Å². The fraction of sp³-hybridized carbons (Fsp3) is 0.200. The van der Waals surface area contributed by atoms with Crippen LogP contribution in [-0.2, 0) is 6.42 Å². The third-order valence-electron chi connectivity index (χ3n) is 5.09. The molecule has 0 aliphatic heterocycles. The zero-order chi connectivity index (χ0) is 23.4. The summed E-state index contributed by atoms with van der Waals surface area (Å²) in [4.78, 5) is 37.6. The SMILES string of the molecule is C=C(C)COc1ccc2nc(C)n(-c3cccc(C(=O)NCCc4cnc[nH]4)c3)c(=O)c2c1. The minimum absolute atomic E-state index is 0.216. The van der Waals surface area contributed by atoms with E-state index in [1.54, 1.807) is 61.9 Å². The number of nitrogens with one attached hydrogen (secondary N) is 2. The number of rotatable bonds is 8. The predicted molar refractivity (Wildman–Crippen MR) is 127 cm³/mol. The van der Waals surface area contributed by atoms with Gasteiger partial charge in [-0.15, -0.1) is 0 Å². The molecule has 0 fully saturated rings. The average molecular weight is 444 g/mol. The smallest absolute Gasteiger partial charge is 0.266 e. The van der Waals surface area contributed by atoms with Crippen LogP contribution >= 0.6 is 0 Å². The zero-order valence-corrected chi connectivity index (χ0v) is 18.6. The number of amides is 1. The maximum atomic E-state index is 13.4. The number of aromatic nitrogens is 4. The first-order valence-electron chi connectivity index (χ1n) is 10.6. The second kappa shape index (κ2) is 9.52. The summed E-state index contributed by atoms with van der Waals surface area (Å²) in [5, 5.41) is 3.33. The molecule has 0 saturated carbocycles. The van der Waals surface area contributed by atoms with Crippen LogP contribution in [0.5, 0.6) is 5.75 Å². The Balaban J connectivity index is 1.61. The number of hydrogen-bond donors (Lipinski definition) is 2. The molecule has 8 nitrogen and oxygen atoms in total. The molecule has 2 heterocycles. The van der Waals surface area contributed by atoms with Crippen molar-refractivity contribution >= 4 is 16.8 Å². The molecule has 2 aromatic heterocycles. The lowest BCUT2D eigenvalue weighted by molar-refractivity contribution is 0.0954. The molecule has 33 heavy (non-hydrogen) atoms. The maximum absolute atomic E-state index is 13.4. The molecule has 0 saturated heterocycles. The summed E-state index contributed by atoms with van der Waals surface area (Å²) >= 11 is 0. The lowest BCUT2D eigenvalue weighted by atomic mass is 10.1. The van der Waals surface area contributed by atoms with Crippen LogP contribution in [0.25, 0.3) is 16.6 Å². The van der Waals surface area contributed by atoms with Gasteiger partial charge < -0.3 is 15.0 Å². The molecule has 0 aliphatic rings. The topological polar surface area (TPSA) is 102 Å². The van der Waals surface area contributed by atoms with Gasteiger partial charge in [0.05, 0.1) is 22.9 Å². The van der Waals surface area contributed by atoms with Gasteiger partial charge in [-0.25, -0.2) is 9.97 Å². The number of benzene rings is 2. The van der Waals surface area contributed by atoms with Crippen LogP contribution < -0.4 is 15.6 Å². The van der Waals surface area contributed by atoms with Crippen LogP contribution in [0.4, 0.5) is 0 Å².